The first-order chi connectivity index (χ1) is 13.9. The zero-order valence-corrected chi connectivity index (χ0v) is 18.3. The molecule has 2 aromatic heterocycles. The van der Waals surface area contributed by atoms with Crippen LogP contribution in [-0.2, 0) is 32.6 Å². The van der Waals surface area contributed by atoms with Crippen LogP contribution in [0.15, 0.2) is 23.5 Å². The minimum Gasteiger partial charge on any atom is -0.372 e. The van der Waals surface area contributed by atoms with Gasteiger partial charge in [-0.1, -0.05) is 6.92 Å². The van der Waals surface area contributed by atoms with Gasteiger partial charge in [0.25, 0.3) is 0 Å². The Balaban J connectivity index is 1.31. The molecule has 2 atom stereocenters. The molecule has 160 valence electrons. The maximum absolute atomic E-state index is 12.6. The summed E-state index contributed by atoms with van der Waals surface area (Å²) in [4.78, 5) is 8.00. The van der Waals surface area contributed by atoms with Gasteiger partial charge in [0, 0.05) is 43.4 Å². The molecular formula is C18H27N5O4S2. The molecule has 1 N–H and O–H groups in total. The van der Waals surface area contributed by atoms with Crippen molar-refractivity contribution in [3.8, 4) is 0 Å². The number of fused-ring (bicyclic) bond motifs is 1. The highest BCUT2D eigenvalue weighted by Gasteiger charge is 2.38. The number of likely N-dealkylation sites (tertiary alicyclic amines) is 1. The molecule has 0 unspecified atom stereocenters. The van der Waals surface area contributed by atoms with E-state index in [-0.39, 0.29) is 30.3 Å². The van der Waals surface area contributed by atoms with Crippen LogP contribution < -0.4 is 4.72 Å². The van der Waals surface area contributed by atoms with Crippen LogP contribution in [0.5, 0.6) is 0 Å². The Kier molecular flexibility index (Phi) is 6.32. The highest BCUT2D eigenvalue weighted by molar-refractivity contribution is 7.89. The highest BCUT2D eigenvalue weighted by Crippen LogP contribution is 2.24. The molecule has 0 amide bonds. The van der Waals surface area contributed by atoms with Gasteiger partial charge in [-0.05, 0) is 13.3 Å². The number of thiazole rings is 1. The molecule has 0 radical (unpaired) electrons. The molecule has 0 spiro atoms. The third-order valence-corrected chi connectivity index (χ3v) is 7.43. The zero-order chi connectivity index (χ0) is 20.4. The molecule has 0 aromatic carbocycles. The van der Waals surface area contributed by atoms with E-state index < -0.39 is 16.1 Å². The van der Waals surface area contributed by atoms with Crippen molar-refractivity contribution >= 4 is 21.4 Å². The number of sulfonamides is 1. The van der Waals surface area contributed by atoms with E-state index in [1.165, 1.54) is 11.1 Å². The van der Waals surface area contributed by atoms with E-state index in [2.05, 4.69) is 19.7 Å². The molecule has 0 bridgehead atoms. The van der Waals surface area contributed by atoms with Crippen LogP contribution in [0.1, 0.15) is 23.2 Å². The van der Waals surface area contributed by atoms with Crippen molar-refractivity contribution in [2.75, 3.05) is 26.3 Å². The average molecular weight is 442 g/mol. The second-order valence-electron chi connectivity index (χ2n) is 7.54. The fourth-order valence-corrected chi connectivity index (χ4v) is 5.68. The van der Waals surface area contributed by atoms with Crippen molar-refractivity contribution in [3.63, 3.8) is 0 Å². The lowest BCUT2D eigenvalue weighted by Crippen LogP contribution is -2.41. The summed E-state index contributed by atoms with van der Waals surface area (Å²) < 4.78 is 41.6. The minimum atomic E-state index is -3.66. The lowest BCUT2D eigenvalue weighted by molar-refractivity contribution is -0.00461. The van der Waals surface area contributed by atoms with E-state index in [0.717, 1.165) is 31.1 Å². The third-order valence-electron chi connectivity index (χ3n) is 5.06. The van der Waals surface area contributed by atoms with Crippen molar-refractivity contribution in [2.24, 2.45) is 0 Å². The van der Waals surface area contributed by atoms with Gasteiger partial charge in [-0.15, -0.1) is 11.3 Å². The van der Waals surface area contributed by atoms with Crippen LogP contribution in [0.4, 0.5) is 0 Å². The van der Waals surface area contributed by atoms with Crippen LogP contribution in [0.25, 0.3) is 0 Å². The second-order valence-corrected chi connectivity index (χ2v) is 10.6. The standard InChI is InChI=1S/C18H27N5O4S2/c1-3-4-23-8-16(6-20-23)29(24,25)21-14-11-26-17-9-22(10-18(17)27-12-14)7-15-5-19-13(2)28-15/h5-6,8,14,17-18,21H,3-4,7,9-12H2,1-2H3/t17-,18-/m0/s1. The molecule has 4 heterocycles. The van der Waals surface area contributed by atoms with Gasteiger partial charge in [0.15, 0.2) is 0 Å². The lowest BCUT2D eigenvalue weighted by Gasteiger charge is -2.18. The van der Waals surface area contributed by atoms with Crippen molar-refractivity contribution in [3.05, 3.63) is 28.5 Å². The Morgan fingerprint density at radius 2 is 1.97 bits per heavy atom. The predicted octanol–water partition coefficient (Wildman–Crippen LogP) is 1.00. The van der Waals surface area contributed by atoms with Crippen LogP contribution in [0, 0.1) is 6.92 Å². The number of aromatic nitrogens is 3. The largest absolute Gasteiger partial charge is 0.372 e. The van der Waals surface area contributed by atoms with Crippen LogP contribution in [-0.4, -0.2) is 72.6 Å². The quantitative estimate of drug-likeness (QED) is 0.684. The molecule has 4 rings (SSSR count). The van der Waals surface area contributed by atoms with Crippen LogP contribution in [0.3, 0.4) is 0 Å². The number of nitrogens with zero attached hydrogens (tertiary/aromatic N) is 4. The number of nitrogens with one attached hydrogen (secondary N) is 1. The number of ether oxygens (including phenoxy) is 2. The molecule has 2 aromatic rings. The number of rotatable bonds is 7. The smallest absolute Gasteiger partial charge is 0.244 e. The van der Waals surface area contributed by atoms with Crippen molar-refractivity contribution in [2.45, 2.75) is 56.5 Å². The fraction of sp³-hybridized carbons (Fsp3) is 0.667. The van der Waals surface area contributed by atoms with Gasteiger partial charge in [-0.3, -0.25) is 9.58 Å². The third kappa shape index (κ3) is 5.04. The minimum absolute atomic E-state index is 0.0502. The summed E-state index contributed by atoms with van der Waals surface area (Å²) in [6.07, 6.45) is 5.64. The lowest BCUT2D eigenvalue weighted by atomic mass is 10.3. The Morgan fingerprint density at radius 3 is 2.59 bits per heavy atom. The van der Waals surface area contributed by atoms with E-state index in [1.807, 2.05) is 20.0 Å². The van der Waals surface area contributed by atoms with E-state index in [9.17, 15) is 8.42 Å². The molecule has 2 fully saturated rings. The molecule has 0 saturated carbocycles. The first kappa shape index (κ1) is 20.9. The predicted molar refractivity (Wildman–Crippen MR) is 108 cm³/mol. The normalized spacial score (nSPS) is 23.9. The summed E-state index contributed by atoms with van der Waals surface area (Å²) in [5.41, 5.74) is 0. The topological polar surface area (TPSA) is 98.6 Å². The Bertz CT molecular complexity index is 912. The van der Waals surface area contributed by atoms with Crippen molar-refractivity contribution < 1.29 is 17.9 Å². The monoisotopic (exact) mass is 441 g/mol. The molecule has 2 aliphatic heterocycles. The zero-order valence-electron chi connectivity index (χ0n) is 16.7. The maximum Gasteiger partial charge on any atom is 0.244 e. The van der Waals surface area contributed by atoms with E-state index >= 15 is 0 Å². The van der Waals surface area contributed by atoms with Gasteiger partial charge >= 0.3 is 0 Å². The van der Waals surface area contributed by atoms with Gasteiger partial charge < -0.3 is 9.47 Å². The van der Waals surface area contributed by atoms with Crippen molar-refractivity contribution in [1.29, 1.82) is 0 Å². The number of hydrogen-bond acceptors (Lipinski definition) is 8. The Hall–Kier alpha value is -1.37. The van der Waals surface area contributed by atoms with Gasteiger partial charge in [0.05, 0.1) is 42.7 Å². The van der Waals surface area contributed by atoms with Gasteiger partial charge in [0.1, 0.15) is 4.90 Å². The summed E-state index contributed by atoms with van der Waals surface area (Å²) >= 11 is 1.70. The number of hydrogen-bond donors (Lipinski definition) is 1. The summed E-state index contributed by atoms with van der Waals surface area (Å²) in [6.45, 7) is 7.66. The molecule has 29 heavy (non-hydrogen) atoms. The number of aryl methyl sites for hydroxylation is 2. The maximum atomic E-state index is 12.6. The SMILES string of the molecule is CCCn1cc(S(=O)(=O)NC2CO[C@H]3CN(Cc4cnc(C)s4)C[C@@H]3OC2)cn1. The van der Waals surface area contributed by atoms with Crippen molar-refractivity contribution in [1.82, 2.24) is 24.4 Å². The summed E-state index contributed by atoms with van der Waals surface area (Å²) in [7, 11) is -3.66. The first-order valence-corrected chi connectivity index (χ1v) is 12.1. The highest BCUT2D eigenvalue weighted by atomic mass is 32.2. The molecule has 0 aliphatic carbocycles. The van der Waals surface area contributed by atoms with Gasteiger partial charge in [-0.2, -0.15) is 5.10 Å². The molecular weight excluding hydrogens is 414 g/mol. The Morgan fingerprint density at radius 1 is 1.24 bits per heavy atom. The summed E-state index contributed by atoms with van der Waals surface area (Å²) in [5, 5.41) is 5.17. The Labute approximate surface area is 175 Å². The van der Waals surface area contributed by atoms with Crippen LogP contribution in [0.2, 0.25) is 0 Å². The average Bonchev–Trinajstić information content (AvgIpc) is 3.37. The molecule has 2 aliphatic rings. The second kappa shape index (κ2) is 8.78. The van der Waals surface area contributed by atoms with Crippen LogP contribution >= 0.6 is 11.3 Å². The van der Waals surface area contributed by atoms with E-state index in [4.69, 9.17) is 9.47 Å². The summed E-state index contributed by atoms with van der Waals surface area (Å²) in [6, 6.07) is -0.419. The first-order valence-electron chi connectivity index (χ1n) is 9.84. The fourth-order valence-electron chi connectivity index (χ4n) is 3.68. The molecule has 2 saturated heterocycles. The van der Waals surface area contributed by atoms with Gasteiger partial charge in [-0.25, -0.2) is 18.1 Å². The van der Waals surface area contributed by atoms with E-state index in [0.29, 0.717) is 6.54 Å². The molecule has 11 heteroatoms. The van der Waals surface area contributed by atoms with Gasteiger partial charge in [0.2, 0.25) is 10.0 Å². The van der Waals surface area contributed by atoms with E-state index in [1.54, 1.807) is 22.2 Å². The summed E-state index contributed by atoms with van der Waals surface area (Å²) in [5.74, 6) is 0. The molecule has 9 nitrogen and oxygen atoms in total.